The van der Waals surface area contributed by atoms with Gasteiger partial charge in [0.05, 0.1) is 13.7 Å². The molecule has 0 unspecified atom stereocenters. The maximum atomic E-state index is 11.9. The molecule has 0 aliphatic heterocycles. The first-order chi connectivity index (χ1) is 10.1. The Morgan fingerprint density at radius 2 is 2.14 bits per heavy atom. The van der Waals surface area contributed by atoms with Gasteiger partial charge in [0, 0.05) is 26.2 Å². The zero-order valence-electron chi connectivity index (χ0n) is 12.8. The van der Waals surface area contributed by atoms with Gasteiger partial charge in [-0.3, -0.25) is 4.79 Å². The Morgan fingerprint density at radius 3 is 2.76 bits per heavy atom. The van der Waals surface area contributed by atoms with Gasteiger partial charge in [-0.1, -0.05) is 6.92 Å². The molecular weight excluding hydrogens is 276 g/mol. The Morgan fingerprint density at radius 1 is 1.38 bits per heavy atom. The van der Waals surface area contributed by atoms with Crippen molar-refractivity contribution in [2.75, 3.05) is 26.9 Å². The number of ether oxygens (including phenoxy) is 2. The molecule has 21 heavy (non-hydrogen) atoms. The van der Waals surface area contributed by atoms with Crippen LogP contribution in [-0.2, 0) is 20.8 Å². The molecule has 118 valence electrons. The summed E-state index contributed by atoms with van der Waals surface area (Å²) in [5, 5.41) is 0. The van der Waals surface area contributed by atoms with Crippen LogP contribution < -0.4 is 0 Å². The maximum absolute atomic E-state index is 11.9. The molecule has 1 rings (SSSR count). The van der Waals surface area contributed by atoms with Crippen molar-refractivity contribution in [3.63, 3.8) is 0 Å². The van der Waals surface area contributed by atoms with Gasteiger partial charge in [0.15, 0.2) is 5.69 Å². The van der Waals surface area contributed by atoms with E-state index in [1.807, 2.05) is 6.92 Å². The molecule has 1 heterocycles. The first-order valence-electron chi connectivity index (χ1n) is 7.00. The molecule has 7 nitrogen and oxygen atoms in total. The molecule has 0 aliphatic carbocycles. The average Bonchev–Trinajstić information content (AvgIpc) is 2.97. The second-order valence-corrected chi connectivity index (χ2v) is 4.34. The summed E-state index contributed by atoms with van der Waals surface area (Å²) >= 11 is 0. The van der Waals surface area contributed by atoms with E-state index in [0.29, 0.717) is 32.1 Å². The smallest absolute Gasteiger partial charge is 0.360 e. The lowest BCUT2D eigenvalue weighted by atomic mass is 10.3. The van der Waals surface area contributed by atoms with Gasteiger partial charge in [-0.05, 0) is 13.3 Å². The topological polar surface area (TPSA) is 81.9 Å². The fourth-order valence-corrected chi connectivity index (χ4v) is 1.76. The van der Waals surface area contributed by atoms with E-state index in [2.05, 4.69) is 9.72 Å². The van der Waals surface area contributed by atoms with Gasteiger partial charge in [-0.2, -0.15) is 0 Å². The second kappa shape index (κ2) is 9.12. The van der Waals surface area contributed by atoms with E-state index in [4.69, 9.17) is 9.15 Å². The predicted molar refractivity (Wildman–Crippen MR) is 74.7 cm³/mol. The summed E-state index contributed by atoms with van der Waals surface area (Å²) in [4.78, 5) is 28.9. The summed E-state index contributed by atoms with van der Waals surface area (Å²) in [7, 11) is 1.28. The minimum atomic E-state index is -0.560. The largest absolute Gasteiger partial charge is 0.464 e. The lowest BCUT2D eigenvalue weighted by Gasteiger charge is -2.20. The number of carbonyl (C=O) groups is 2. The highest BCUT2D eigenvalue weighted by molar-refractivity contribution is 5.86. The number of hydrogen-bond acceptors (Lipinski definition) is 6. The molecule has 0 fully saturated rings. The van der Waals surface area contributed by atoms with E-state index in [1.54, 1.807) is 11.8 Å². The van der Waals surface area contributed by atoms with Crippen LogP contribution in [0.25, 0.3) is 0 Å². The normalized spacial score (nSPS) is 10.4. The van der Waals surface area contributed by atoms with Crippen molar-refractivity contribution < 1.29 is 23.5 Å². The second-order valence-electron chi connectivity index (χ2n) is 4.34. The molecule has 0 atom stereocenters. The zero-order valence-corrected chi connectivity index (χ0v) is 12.8. The van der Waals surface area contributed by atoms with E-state index in [-0.39, 0.29) is 18.1 Å². The number of esters is 1. The fraction of sp³-hybridized carbons (Fsp3) is 0.643. The van der Waals surface area contributed by atoms with Crippen LogP contribution in [0.5, 0.6) is 0 Å². The molecule has 0 aliphatic rings. The first kappa shape index (κ1) is 17.2. The zero-order chi connectivity index (χ0) is 15.7. The van der Waals surface area contributed by atoms with Crippen LogP contribution in [0.3, 0.4) is 0 Å². The first-order valence-corrected chi connectivity index (χ1v) is 7.00. The van der Waals surface area contributed by atoms with Crippen molar-refractivity contribution in [2.24, 2.45) is 0 Å². The van der Waals surface area contributed by atoms with Crippen molar-refractivity contribution in [3.8, 4) is 0 Å². The lowest BCUT2D eigenvalue weighted by Crippen LogP contribution is -2.31. The molecule has 0 radical (unpaired) electrons. The molecule has 0 saturated carbocycles. The number of oxazole rings is 1. The third-order valence-electron chi connectivity index (χ3n) is 2.85. The molecule has 0 N–H and O–H groups in total. The Hall–Kier alpha value is -1.89. The summed E-state index contributed by atoms with van der Waals surface area (Å²) in [6, 6.07) is 0. The minimum absolute atomic E-state index is 0.00400. The number of rotatable bonds is 9. The monoisotopic (exact) mass is 298 g/mol. The highest BCUT2D eigenvalue weighted by atomic mass is 16.5. The standard InChI is InChI=1S/C14H22N2O5/c1-4-13(17)16(7-6-8-20-5-2)9-12-15-11(10-21-12)14(18)19-3/h10H,4-9H2,1-3H3. The van der Waals surface area contributed by atoms with E-state index < -0.39 is 5.97 Å². The predicted octanol–water partition coefficient (Wildman–Crippen LogP) is 1.63. The van der Waals surface area contributed by atoms with Crippen molar-refractivity contribution in [2.45, 2.75) is 33.2 Å². The highest BCUT2D eigenvalue weighted by Crippen LogP contribution is 2.09. The quantitative estimate of drug-likeness (QED) is 0.509. The van der Waals surface area contributed by atoms with Gasteiger partial charge in [0.1, 0.15) is 6.26 Å². The Kier molecular flexibility index (Phi) is 7.45. The van der Waals surface area contributed by atoms with E-state index in [0.717, 1.165) is 6.42 Å². The summed E-state index contributed by atoms with van der Waals surface area (Å²) in [5.74, 6) is -0.243. The van der Waals surface area contributed by atoms with E-state index >= 15 is 0 Å². The molecular formula is C14H22N2O5. The van der Waals surface area contributed by atoms with Crippen molar-refractivity contribution in [1.82, 2.24) is 9.88 Å². The Balaban J connectivity index is 2.61. The molecule has 7 heteroatoms. The molecule has 1 amide bonds. The van der Waals surface area contributed by atoms with Crippen molar-refractivity contribution in [3.05, 3.63) is 17.8 Å². The van der Waals surface area contributed by atoms with E-state index in [9.17, 15) is 9.59 Å². The molecule has 1 aromatic heterocycles. The van der Waals surface area contributed by atoms with Gasteiger partial charge in [0.2, 0.25) is 11.8 Å². The molecule has 0 saturated heterocycles. The summed E-state index contributed by atoms with van der Waals surface area (Å²) in [5.41, 5.74) is 0.103. The van der Waals surface area contributed by atoms with Gasteiger partial charge in [0.25, 0.3) is 0 Å². The van der Waals surface area contributed by atoms with Crippen molar-refractivity contribution >= 4 is 11.9 Å². The molecule has 0 aromatic carbocycles. The molecule has 0 bridgehead atoms. The van der Waals surface area contributed by atoms with Crippen LogP contribution in [0.4, 0.5) is 0 Å². The van der Waals surface area contributed by atoms with Crippen LogP contribution >= 0.6 is 0 Å². The van der Waals surface area contributed by atoms with Gasteiger partial charge in [-0.25, -0.2) is 9.78 Å². The number of hydrogen-bond donors (Lipinski definition) is 0. The highest BCUT2D eigenvalue weighted by Gasteiger charge is 2.17. The van der Waals surface area contributed by atoms with Crippen LogP contribution in [0.1, 0.15) is 43.1 Å². The van der Waals surface area contributed by atoms with Gasteiger partial charge < -0.3 is 18.8 Å². The van der Waals surface area contributed by atoms with Crippen LogP contribution in [-0.4, -0.2) is 48.6 Å². The fourth-order valence-electron chi connectivity index (χ4n) is 1.76. The van der Waals surface area contributed by atoms with Gasteiger partial charge in [-0.15, -0.1) is 0 Å². The number of nitrogens with zero attached hydrogens (tertiary/aromatic N) is 2. The lowest BCUT2D eigenvalue weighted by molar-refractivity contribution is -0.132. The maximum Gasteiger partial charge on any atom is 0.360 e. The Bertz CT molecular complexity index is 458. The number of carbonyl (C=O) groups excluding carboxylic acids is 2. The van der Waals surface area contributed by atoms with Crippen LogP contribution in [0.15, 0.2) is 10.7 Å². The van der Waals surface area contributed by atoms with Gasteiger partial charge >= 0.3 is 5.97 Å². The van der Waals surface area contributed by atoms with Crippen LogP contribution in [0, 0.1) is 0 Å². The number of aromatic nitrogens is 1. The average molecular weight is 298 g/mol. The van der Waals surface area contributed by atoms with E-state index in [1.165, 1.54) is 13.4 Å². The Labute approximate surface area is 124 Å². The SMILES string of the molecule is CCOCCCN(Cc1nc(C(=O)OC)co1)C(=O)CC. The van der Waals surface area contributed by atoms with Crippen molar-refractivity contribution in [1.29, 1.82) is 0 Å². The minimum Gasteiger partial charge on any atom is -0.464 e. The van der Waals surface area contributed by atoms with Crippen LogP contribution in [0.2, 0.25) is 0 Å². The number of amides is 1. The third-order valence-corrected chi connectivity index (χ3v) is 2.85. The summed E-state index contributed by atoms with van der Waals surface area (Å²) < 4.78 is 15.0. The summed E-state index contributed by atoms with van der Waals surface area (Å²) in [6.07, 6.45) is 2.37. The number of methoxy groups -OCH3 is 1. The molecule has 0 spiro atoms. The third kappa shape index (κ3) is 5.55. The molecule has 1 aromatic rings. The summed E-state index contributed by atoms with van der Waals surface area (Å²) in [6.45, 7) is 5.77.